The Balaban J connectivity index is 1.55. The number of benzene rings is 1. The minimum atomic E-state index is -0.0622. The van der Waals surface area contributed by atoms with Gasteiger partial charge < -0.3 is 9.64 Å². The van der Waals surface area contributed by atoms with Crippen molar-refractivity contribution in [2.75, 3.05) is 13.2 Å². The van der Waals surface area contributed by atoms with Crippen molar-refractivity contribution in [1.82, 2.24) is 14.9 Å². The van der Waals surface area contributed by atoms with Crippen molar-refractivity contribution in [2.24, 2.45) is 0 Å². The van der Waals surface area contributed by atoms with Gasteiger partial charge in [-0.15, -0.1) is 11.3 Å². The van der Waals surface area contributed by atoms with Crippen LogP contribution >= 0.6 is 11.3 Å². The van der Waals surface area contributed by atoms with Gasteiger partial charge in [0.25, 0.3) is 5.91 Å². The highest BCUT2D eigenvalue weighted by Gasteiger charge is 2.25. The lowest BCUT2D eigenvalue weighted by atomic mass is 10.2. The lowest BCUT2D eigenvalue weighted by Crippen LogP contribution is -2.37. The Morgan fingerprint density at radius 3 is 2.85 bits per heavy atom. The third-order valence-electron chi connectivity index (χ3n) is 4.58. The molecule has 0 N–H and O–H groups in total. The molecule has 1 amide bonds. The van der Waals surface area contributed by atoms with Crippen LogP contribution in [0.15, 0.2) is 60.2 Å². The van der Waals surface area contributed by atoms with Gasteiger partial charge in [0, 0.05) is 43.0 Å². The molecule has 1 aliphatic heterocycles. The average molecular weight is 379 g/mol. The maximum Gasteiger partial charge on any atom is 0.273 e. The Morgan fingerprint density at radius 2 is 2.11 bits per heavy atom. The molecule has 5 nitrogen and oxygen atoms in total. The second kappa shape index (κ2) is 8.41. The van der Waals surface area contributed by atoms with Crippen LogP contribution in [0.25, 0.3) is 10.6 Å². The van der Waals surface area contributed by atoms with E-state index in [2.05, 4.69) is 9.97 Å². The van der Waals surface area contributed by atoms with Gasteiger partial charge in [-0.2, -0.15) is 0 Å². The SMILES string of the molecule is O=C(c1csc(-c2ccccc2)n1)N(Cc1cccnc1)C[C@H]1CCCO1. The first kappa shape index (κ1) is 17.8. The number of amides is 1. The summed E-state index contributed by atoms with van der Waals surface area (Å²) in [5, 5.41) is 2.70. The number of carbonyl (C=O) groups excluding carboxylic acids is 1. The zero-order valence-electron chi connectivity index (χ0n) is 15.0. The Labute approximate surface area is 162 Å². The van der Waals surface area contributed by atoms with Gasteiger partial charge in [-0.3, -0.25) is 9.78 Å². The average Bonchev–Trinajstić information content (AvgIpc) is 3.41. The van der Waals surface area contributed by atoms with Crippen molar-refractivity contribution in [1.29, 1.82) is 0 Å². The number of nitrogens with zero attached hydrogens (tertiary/aromatic N) is 3. The van der Waals surface area contributed by atoms with Crippen molar-refractivity contribution in [3.05, 3.63) is 71.5 Å². The predicted molar refractivity (Wildman–Crippen MR) is 106 cm³/mol. The number of pyridine rings is 1. The predicted octanol–water partition coefficient (Wildman–Crippen LogP) is 4.03. The highest BCUT2D eigenvalue weighted by atomic mass is 32.1. The summed E-state index contributed by atoms with van der Waals surface area (Å²) in [5.41, 5.74) is 2.52. The van der Waals surface area contributed by atoms with Crippen LogP contribution < -0.4 is 0 Å². The van der Waals surface area contributed by atoms with E-state index in [4.69, 9.17) is 4.74 Å². The molecule has 1 saturated heterocycles. The van der Waals surface area contributed by atoms with Gasteiger partial charge in [-0.1, -0.05) is 36.4 Å². The molecule has 3 aromatic rings. The summed E-state index contributed by atoms with van der Waals surface area (Å²) < 4.78 is 5.75. The molecule has 1 aromatic carbocycles. The van der Waals surface area contributed by atoms with Gasteiger partial charge in [0.05, 0.1) is 6.10 Å². The first-order chi connectivity index (χ1) is 13.3. The van der Waals surface area contributed by atoms with E-state index in [1.807, 2.05) is 52.7 Å². The Bertz CT molecular complexity index is 877. The van der Waals surface area contributed by atoms with Crippen molar-refractivity contribution in [2.45, 2.75) is 25.5 Å². The molecular formula is C21H21N3O2S. The van der Waals surface area contributed by atoms with Crippen LogP contribution in [0.4, 0.5) is 0 Å². The first-order valence-electron chi connectivity index (χ1n) is 9.10. The fourth-order valence-corrected chi connectivity index (χ4v) is 4.01. The van der Waals surface area contributed by atoms with Crippen molar-refractivity contribution in [3.63, 3.8) is 0 Å². The molecule has 4 rings (SSSR count). The third-order valence-corrected chi connectivity index (χ3v) is 5.47. The summed E-state index contributed by atoms with van der Waals surface area (Å²) in [6.07, 6.45) is 5.67. The molecular weight excluding hydrogens is 358 g/mol. The zero-order valence-corrected chi connectivity index (χ0v) is 15.8. The monoisotopic (exact) mass is 379 g/mol. The third kappa shape index (κ3) is 4.40. The smallest absolute Gasteiger partial charge is 0.273 e. The van der Waals surface area contributed by atoms with Crippen LogP contribution in [0, 0.1) is 0 Å². The lowest BCUT2D eigenvalue weighted by Gasteiger charge is -2.24. The van der Waals surface area contributed by atoms with E-state index in [-0.39, 0.29) is 12.0 Å². The number of carbonyl (C=O) groups is 1. The fourth-order valence-electron chi connectivity index (χ4n) is 3.21. The van der Waals surface area contributed by atoms with E-state index >= 15 is 0 Å². The number of thiazole rings is 1. The van der Waals surface area contributed by atoms with Crippen molar-refractivity contribution in [3.8, 4) is 10.6 Å². The van der Waals surface area contributed by atoms with E-state index in [0.717, 1.165) is 35.6 Å². The number of hydrogen-bond acceptors (Lipinski definition) is 5. The summed E-state index contributed by atoms with van der Waals surface area (Å²) >= 11 is 1.50. The summed E-state index contributed by atoms with van der Waals surface area (Å²) in [6, 6.07) is 13.8. The van der Waals surface area contributed by atoms with E-state index in [1.165, 1.54) is 11.3 Å². The Hall–Kier alpha value is -2.57. The molecule has 0 saturated carbocycles. The topological polar surface area (TPSA) is 55.3 Å². The maximum atomic E-state index is 13.2. The second-order valence-electron chi connectivity index (χ2n) is 6.59. The summed E-state index contributed by atoms with van der Waals surface area (Å²) in [7, 11) is 0. The van der Waals surface area contributed by atoms with Gasteiger partial charge in [0.15, 0.2) is 0 Å². The summed E-state index contributed by atoms with van der Waals surface area (Å²) in [5.74, 6) is -0.0622. The van der Waals surface area contributed by atoms with Gasteiger partial charge in [-0.25, -0.2) is 4.98 Å². The number of hydrogen-bond donors (Lipinski definition) is 0. The fraction of sp³-hybridized carbons (Fsp3) is 0.286. The standard InChI is InChI=1S/C21H21N3O2S/c25-21(19-15-27-20(23-19)17-7-2-1-3-8-17)24(14-18-9-5-11-26-18)13-16-6-4-10-22-12-16/h1-4,6-8,10,12,15,18H,5,9,11,13-14H2/t18-/m1/s1. The van der Waals surface area contributed by atoms with E-state index in [9.17, 15) is 4.79 Å². The molecule has 1 atom stereocenters. The van der Waals surface area contributed by atoms with Gasteiger partial charge in [0.1, 0.15) is 10.7 Å². The molecule has 138 valence electrons. The first-order valence-corrected chi connectivity index (χ1v) is 9.98. The number of rotatable bonds is 6. The molecule has 6 heteroatoms. The molecule has 0 spiro atoms. The molecule has 27 heavy (non-hydrogen) atoms. The van der Waals surface area contributed by atoms with E-state index in [0.29, 0.717) is 18.8 Å². The zero-order chi connectivity index (χ0) is 18.5. The Morgan fingerprint density at radius 1 is 1.22 bits per heavy atom. The largest absolute Gasteiger partial charge is 0.376 e. The number of aromatic nitrogens is 2. The minimum absolute atomic E-state index is 0.0622. The van der Waals surface area contributed by atoms with Crippen molar-refractivity contribution >= 4 is 17.2 Å². The van der Waals surface area contributed by atoms with Gasteiger partial charge >= 0.3 is 0 Å². The van der Waals surface area contributed by atoms with Crippen LogP contribution in [0.3, 0.4) is 0 Å². The minimum Gasteiger partial charge on any atom is -0.376 e. The van der Waals surface area contributed by atoms with Crippen LogP contribution in [0.5, 0.6) is 0 Å². The molecule has 1 aliphatic rings. The van der Waals surface area contributed by atoms with E-state index in [1.54, 1.807) is 12.4 Å². The lowest BCUT2D eigenvalue weighted by molar-refractivity contribution is 0.0503. The maximum absolute atomic E-state index is 13.2. The quantitative estimate of drug-likeness (QED) is 0.649. The number of ether oxygens (including phenoxy) is 1. The summed E-state index contributed by atoms with van der Waals surface area (Å²) in [6.45, 7) is 1.85. The van der Waals surface area contributed by atoms with Crippen LogP contribution in [0.1, 0.15) is 28.9 Å². The molecule has 2 aromatic heterocycles. The molecule has 0 unspecified atom stereocenters. The van der Waals surface area contributed by atoms with E-state index < -0.39 is 0 Å². The van der Waals surface area contributed by atoms with Crippen LogP contribution in [-0.2, 0) is 11.3 Å². The molecule has 3 heterocycles. The molecule has 0 radical (unpaired) electrons. The second-order valence-corrected chi connectivity index (χ2v) is 7.44. The normalized spacial score (nSPS) is 16.4. The molecule has 1 fully saturated rings. The van der Waals surface area contributed by atoms with Crippen LogP contribution in [0.2, 0.25) is 0 Å². The molecule has 0 bridgehead atoms. The molecule has 0 aliphatic carbocycles. The highest BCUT2D eigenvalue weighted by molar-refractivity contribution is 7.13. The highest BCUT2D eigenvalue weighted by Crippen LogP contribution is 2.25. The van der Waals surface area contributed by atoms with Gasteiger partial charge in [0.2, 0.25) is 0 Å². The Kier molecular flexibility index (Phi) is 5.55. The summed E-state index contributed by atoms with van der Waals surface area (Å²) in [4.78, 5) is 23.8. The van der Waals surface area contributed by atoms with Gasteiger partial charge in [-0.05, 0) is 24.5 Å². The van der Waals surface area contributed by atoms with Crippen LogP contribution in [-0.4, -0.2) is 40.0 Å². The van der Waals surface area contributed by atoms with Crippen molar-refractivity contribution < 1.29 is 9.53 Å².